The van der Waals surface area contributed by atoms with Gasteiger partial charge >= 0.3 is 0 Å². The monoisotopic (exact) mass is 292 g/mol. The molecule has 1 heterocycles. The highest BCUT2D eigenvalue weighted by atomic mass is 16.5. The Hall–Kier alpha value is -1.92. The van der Waals surface area contributed by atoms with Crippen molar-refractivity contribution < 1.29 is 19.4 Å². The van der Waals surface area contributed by atoms with Crippen molar-refractivity contribution in [3.63, 3.8) is 0 Å². The van der Waals surface area contributed by atoms with Crippen molar-refractivity contribution >= 4 is 17.5 Å². The molecular formula is C15H20N2O4. The number of nitrogens with one attached hydrogen (secondary N) is 1. The van der Waals surface area contributed by atoms with E-state index in [2.05, 4.69) is 5.32 Å². The fourth-order valence-electron chi connectivity index (χ4n) is 2.38. The molecular weight excluding hydrogens is 272 g/mol. The summed E-state index contributed by atoms with van der Waals surface area (Å²) in [7, 11) is 1.58. The molecule has 1 aromatic rings. The summed E-state index contributed by atoms with van der Waals surface area (Å²) in [6.07, 6.45) is 0.219. The molecule has 0 aliphatic carbocycles. The van der Waals surface area contributed by atoms with Gasteiger partial charge in [-0.2, -0.15) is 0 Å². The Balaban J connectivity index is 1.97. The van der Waals surface area contributed by atoms with E-state index in [1.807, 2.05) is 0 Å². The lowest BCUT2D eigenvalue weighted by Gasteiger charge is -2.16. The fourth-order valence-corrected chi connectivity index (χ4v) is 2.38. The van der Waals surface area contributed by atoms with Gasteiger partial charge in [-0.05, 0) is 6.07 Å². The zero-order valence-electron chi connectivity index (χ0n) is 12.0. The molecule has 1 aromatic carbocycles. The van der Waals surface area contributed by atoms with Crippen molar-refractivity contribution in [1.82, 2.24) is 4.90 Å². The van der Waals surface area contributed by atoms with Gasteiger partial charge in [0.1, 0.15) is 0 Å². The normalized spacial score (nSPS) is 18.1. The number of hydrogen-bond donors (Lipinski definition) is 2. The van der Waals surface area contributed by atoms with Crippen molar-refractivity contribution in [3.05, 3.63) is 29.8 Å². The molecule has 0 aromatic heterocycles. The van der Waals surface area contributed by atoms with Crippen LogP contribution in [0.15, 0.2) is 24.3 Å². The summed E-state index contributed by atoms with van der Waals surface area (Å²) in [5, 5.41) is 12.0. The molecule has 0 radical (unpaired) electrons. The van der Waals surface area contributed by atoms with Gasteiger partial charge in [-0.15, -0.1) is 0 Å². The van der Waals surface area contributed by atoms with Crippen LogP contribution in [0.1, 0.15) is 12.0 Å². The minimum atomic E-state index is -0.360. The van der Waals surface area contributed by atoms with Crippen LogP contribution in [0.3, 0.4) is 0 Å². The fraction of sp³-hybridized carbons (Fsp3) is 0.467. The number of benzene rings is 1. The first-order chi connectivity index (χ1) is 10.2. The zero-order chi connectivity index (χ0) is 15.2. The number of hydrogen-bond acceptors (Lipinski definition) is 4. The highest BCUT2D eigenvalue weighted by Gasteiger charge is 2.34. The van der Waals surface area contributed by atoms with Crippen LogP contribution in [0.5, 0.6) is 0 Å². The van der Waals surface area contributed by atoms with Crippen molar-refractivity contribution in [2.75, 3.05) is 32.1 Å². The summed E-state index contributed by atoms with van der Waals surface area (Å²) in [5.74, 6) is -0.576. The molecule has 0 spiro atoms. The summed E-state index contributed by atoms with van der Waals surface area (Å²) >= 11 is 0. The smallest absolute Gasteiger partial charge is 0.229 e. The number of aliphatic hydroxyl groups excluding tert-OH is 1. The van der Waals surface area contributed by atoms with Gasteiger partial charge in [-0.3, -0.25) is 9.59 Å². The summed E-state index contributed by atoms with van der Waals surface area (Å²) in [5.41, 5.74) is 1.25. The SMILES string of the molecule is COCCN1CC(C(=O)Nc2ccccc2CO)CC1=O. The maximum absolute atomic E-state index is 12.2. The Labute approximate surface area is 123 Å². The lowest BCUT2D eigenvalue weighted by Crippen LogP contribution is -2.30. The van der Waals surface area contributed by atoms with Crippen LogP contribution < -0.4 is 5.32 Å². The second-order valence-electron chi connectivity index (χ2n) is 5.04. The molecule has 6 heteroatoms. The Bertz CT molecular complexity index is 518. The first-order valence-corrected chi connectivity index (χ1v) is 6.92. The lowest BCUT2D eigenvalue weighted by molar-refractivity contribution is -0.128. The Kier molecular flexibility index (Phi) is 5.30. The molecule has 1 atom stereocenters. The van der Waals surface area contributed by atoms with E-state index in [1.54, 1.807) is 36.3 Å². The van der Waals surface area contributed by atoms with Crippen LogP contribution in [0.25, 0.3) is 0 Å². The second kappa shape index (κ2) is 7.19. The number of nitrogens with zero attached hydrogens (tertiary/aromatic N) is 1. The zero-order valence-corrected chi connectivity index (χ0v) is 12.0. The van der Waals surface area contributed by atoms with Gasteiger partial charge < -0.3 is 20.1 Å². The van der Waals surface area contributed by atoms with Crippen LogP contribution in [-0.2, 0) is 20.9 Å². The highest BCUT2D eigenvalue weighted by molar-refractivity contribution is 5.97. The van der Waals surface area contributed by atoms with Gasteiger partial charge in [-0.25, -0.2) is 0 Å². The van der Waals surface area contributed by atoms with E-state index in [-0.39, 0.29) is 30.8 Å². The second-order valence-corrected chi connectivity index (χ2v) is 5.04. The minimum absolute atomic E-state index is 0.0253. The molecule has 0 bridgehead atoms. The number of carbonyl (C=O) groups is 2. The predicted octanol–water partition coefficient (Wildman–Crippen LogP) is 0.612. The molecule has 21 heavy (non-hydrogen) atoms. The average Bonchev–Trinajstić information content (AvgIpc) is 2.87. The maximum atomic E-state index is 12.2. The lowest BCUT2D eigenvalue weighted by atomic mass is 10.1. The molecule has 114 valence electrons. The molecule has 1 saturated heterocycles. The third-order valence-corrected chi connectivity index (χ3v) is 3.60. The largest absolute Gasteiger partial charge is 0.392 e. The molecule has 1 unspecified atom stereocenters. The third kappa shape index (κ3) is 3.80. The van der Waals surface area contributed by atoms with Crippen molar-refractivity contribution in [1.29, 1.82) is 0 Å². The predicted molar refractivity (Wildman–Crippen MR) is 77.6 cm³/mol. The molecule has 1 aliphatic rings. The molecule has 0 saturated carbocycles. The topological polar surface area (TPSA) is 78.9 Å². The molecule has 2 rings (SSSR count). The van der Waals surface area contributed by atoms with Crippen molar-refractivity contribution in [2.45, 2.75) is 13.0 Å². The number of anilines is 1. The molecule has 1 fully saturated rings. The average molecular weight is 292 g/mol. The van der Waals surface area contributed by atoms with E-state index in [4.69, 9.17) is 4.74 Å². The summed E-state index contributed by atoms with van der Waals surface area (Å²) in [6.45, 7) is 1.25. The van der Waals surface area contributed by atoms with E-state index in [0.29, 0.717) is 30.9 Å². The van der Waals surface area contributed by atoms with Crippen LogP contribution in [0.4, 0.5) is 5.69 Å². The maximum Gasteiger partial charge on any atom is 0.229 e. The van der Waals surface area contributed by atoms with E-state index >= 15 is 0 Å². The highest BCUT2D eigenvalue weighted by Crippen LogP contribution is 2.21. The van der Waals surface area contributed by atoms with Crippen molar-refractivity contribution in [3.8, 4) is 0 Å². The van der Waals surface area contributed by atoms with Crippen LogP contribution in [0, 0.1) is 5.92 Å². The Morgan fingerprint density at radius 1 is 1.48 bits per heavy atom. The summed E-state index contributed by atoms with van der Waals surface area (Å²) in [4.78, 5) is 25.7. The molecule has 6 nitrogen and oxygen atoms in total. The quantitative estimate of drug-likeness (QED) is 0.805. The van der Waals surface area contributed by atoms with Crippen molar-refractivity contribution in [2.24, 2.45) is 5.92 Å². The van der Waals surface area contributed by atoms with E-state index in [1.165, 1.54) is 0 Å². The summed E-state index contributed by atoms with van der Waals surface area (Å²) in [6, 6.07) is 7.08. The number of aliphatic hydroxyl groups is 1. The first kappa shape index (κ1) is 15.5. The number of ether oxygens (including phenoxy) is 1. The Morgan fingerprint density at radius 2 is 2.24 bits per heavy atom. The minimum Gasteiger partial charge on any atom is -0.392 e. The standard InChI is InChI=1S/C15H20N2O4/c1-21-7-6-17-9-12(8-14(17)19)15(20)16-13-5-3-2-4-11(13)10-18/h2-5,12,18H,6-10H2,1H3,(H,16,20). The van der Waals surface area contributed by atoms with Gasteiger partial charge in [0, 0.05) is 37.9 Å². The first-order valence-electron chi connectivity index (χ1n) is 6.92. The number of rotatable bonds is 6. The number of amides is 2. The van der Waals surface area contributed by atoms with E-state index in [0.717, 1.165) is 0 Å². The van der Waals surface area contributed by atoms with Crippen LogP contribution in [0.2, 0.25) is 0 Å². The molecule has 2 amide bonds. The van der Waals surface area contributed by atoms with Gasteiger partial charge in [0.05, 0.1) is 19.1 Å². The molecule has 1 aliphatic heterocycles. The number of carbonyl (C=O) groups excluding carboxylic acids is 2. The van der Waals surface area contributed by atoms with Crippen LogP contribution in [-0.4, -0.2) is 48.6 Å². The van der Waals surface area contributed by atoms with Crippen LogP contribution >= 0.6 is 0 Å². The van der Waals surface area contributed by atoms with Gasteiger partial charge in [-0.1, -0.05) is 18.2 Å². The number of para-hydroxylation sites is 1. The van der Waals surface area contributed by atoms with Gasteiger partial charge in [0.2, 0.25) is 11.8 Å². The van der Waals surface area contributed by atoms with Gasteiger partial charge in [0.25, 0.3) is 0 Å². The Morgan fingerprint density at radius 3 is 2.95 bits per heavy atom. The number of likely N-dealkylation sites (tertiary alicyclic amines) is 1. The number of methoxy groups -OCH3 is 1. The van der Waals surface area contributed by atoms with Gasteiger partial charge in [0.15, 0.2) is 0 Å². The van der Waals surface area contributed by atoms with E-state index in [9.17, 15) is 14.7 Å². The van der Waals surface area contributed by atoms with E-state index < -0.39 is 0 Å². The third-order valence-electron chi connectivity index (χ3n) is 3.60. The summed E-state index contributed by atoms with van der Waals surface area (Å²) < 4.78 is 4.95. The molecule has 2 N–H and O–H groups in total.